The van der Waals surface area contributed by atoms with E-state index in [-0.39, 0.29) is 6.54 Å². The third-order valence-electron chi connectivity index (χ3n) is 3.51. The van der Waals surface area contributed by atoms with Crippen LogP contribution in [0.1, 0.15) is 25.3 Å². The Hall–Kier alpha value is -1.06. The van der Waals surface area contributed by atoms with E-state index in [2.05, 4.69) is 6.92 Å². The number of ether oxygens (including phenoxy) is 1. The molecule has 0 aliphatic heterocycles. The summed E-state index contributed by atoms with van der Waals surface area (Å²) in [5.74, 6) is 1.12. The van der Waals surface area contributed by atoms with Gasteiger partial charge in [-0.05, 0) is 42.9 Å². The molecular weight excluding hydrogens is 214 g/mol. The van der Waals surface area contributed by atoms with E-state index in [0.29, 0.717) is 12.5 Å². The van der Waals surface area contributed by atoms with Gasteiger partial charge in [-0.25, -0.2) is 0 Å². The van der Waals surface area contributed by atoms with Crippen LogP contribution in [0.15, 0.2) is 24.3 Å². The lowest BCUT2D eigenvalue weighted by molar-refractivity contribution is -0.0162. The molecule has 1 aromatic carbocycles. The number of hydrogen-bond acceptors (Lipinski definition) is 3. The molecule has 17 heavy (non-hydrogen) atoms. The number of benzene rings is 1. The summed E-state index contributed by atoms with van der Waals surface area (Å²) in [5, 5.41) is 10.3. The van der Waals surface area contributed by atoms with Crippen LogP contribution in [0.4, 0.5) is 0 Å². The number of nitrogens with two attached hydrogens (primary N) is 1. The fraction of sp³-hybridized carbons (Fsp3) is 0.571. The fourth-order valence-corrected chi connectivity index (χ4v) is 1.99. The smallest absolute Gasteiger partial charge is 0.119 e. The zero-order chi connectivity index (χ0) is 12.3. The standard InChI is InChI=1S/C14H21NO2/c1-2-11-3-7-13(8-4-11)17-10-14(16,9-15)12-5-6-12/h3-4,7-8,12,16H,2,5-6,9-10,15H2,1H3. The summed E-state index contributed by atoms with van der Waals surface area (Å²) < 4.78 is 5.63. The molecule has 3 N–H and O–H groups in total. The summed E-state index contributed by atoms with van der Waals surface area (Å²) in [6.45, 7) is 2.68. The summed E-state index contributed by atoms with van der Waals surface area (Å²) in [5.41, 5.74) is 6.07. The SMILES string of the molecule is CCc1ccc(OCC(O)(CN)C2CC2)cc1. The predicted octanol–water partition coefficient (Wildman–Crippen LogP) is 1.73. The third kappa shape index (κ3) is 2.99. The summed E-state index contributed by atoms with van der Waals surface area (Å²) >= 11 is 0. The van der Waals surface area contributed by atoms with Crippen LogP contribution < -0.4 is 10.5 Å². The minimum Gasteiger partial charge on any atom is -0.491 e. The van der Waals surface area contributed by atoms with Crippen molar-refractivity contribution in [1.29, 1.82) is 0 Å². The van der Waals surface area contributed by atoms with Crippen LogP contribution in [0.2, 0.25) is 0 Å². The van der Waals surface area contributed by atoms with Crippen LogP contribution in [0.25, 0.3) is 0 Å². The van der Waals surface area contributed by atoms with Crippen molar-refractivity contribution in [2.45, 2.75) is 31.8 Å². The summed E-state index contributed by atoms with van der Waals surface area (Å²) in [4.78, 5) is 0. The Kier molecular flexibility index (Phi) is 3.69. The Labute approximate surface area is 103 Å². The summed E-state index contributed by atoms with van der Waals surface area (Å²) in [6.07, 6.45) is 3.15. The molecular formula is C14H21NO2. The Balaban J connectivity index is 1.91. The number of aliphatic hydroxyl groups is 1. The van der Waals surface area contributed by atoms with Gasteiger partial charge in [0.15, 0.2) is 0 Å². The first-order valence-electron chi connectivity index (χ1n) is 6.32. The molecule has 2 rings (SSSR count). The summed E-state index contributed by atoms with van der Waals surface area (Å²) in [6, 6.07) is 7.99. The van der Waals surface area contributed by atoms with Crippen molar-refractivity contribution in [3.8, 4) is 5.75 Å². The highest BCUT2D eigenvalue weighted by Gasteiger charge is 2.43. The Morgan fingerprint density at radius 2 is 2.00 bits per heavy atom. The van der Waals surface area contributed by atoms with Crippen LogP contribution in [0.5, 0.6) is 5.75 Å². The van der Waals surface area contributed by atoms with Crippen molar-refractivity contribution in [2.24, 2.45) is 11.7 Å². The topological polar surface area (TPSA) is 55.5 Å². The molecule has 0 aromatic heterocycles. The van der Waals surface area contributed by atoms with E-state index < -0.39 is 5.60 Å². The van der Waals surface area contributed by atoms with Crippen molar-refractivity contribution in [2.75, 3.05) is 13.2 Å². The van der Waals surface area contributed by atoms with Crippen LogP contribution in [0.3, 0.4) is 0 Å². The number of hydrogen-bond donors (Lipinski definition) is 2. The first-order chi connectivity index (χ1) is 8.18. The first kappa shape index (κ1) is 12.4. The molecule has 1 saturated carbocycles. The second-order valence-electron chi connectivity index (χ2n) is 4.87. The minimum absolute atomic E-state index is 0.269. The third-order valence-corrected chi connectivity index (χ3v) is 3.51. The lowest BCUT2D eigenvalue weighted by atomic mass is 9.99. The maximum absolute atomic E-state index is 10.3. The van der Waals surface area contributed by atoms with Gasteiger partial charge in [0.2, 0.25) is 0 Å². The van der Waals surface area contributed by atoms with Gasteiger partial charge in [0, 0.05) is 6.54 Å². The Bertz CT molecular complexity index is 359. The zero-order valence-electron chi connectivity index (χ0n) is 10.4. The number of aryl methyl sites for hydroxylation is 1. The molecule has 1 unspecified atom stereocenters. The van der Waals surface area contributed by atoms with E-state index in [1.807, 2.05) is 24.3 Å². The highest BCUT2D eigenvalue weighted by molar-refractivity contribution is 5.27. The van der Waals surface area contributed by atoms with Crippen molar-refractivity contribution < 1.29 is 9.84 Å². The van der Waals surface area contributed by atoms with Crippen molar-refractivity contribution >= 4 is 0 Å². The van der Waals surface area contributed by atoms with E-state index in [4.69, 9.17) is 10.5 Å². The molecule has 0 amide bonds. The second kappa shape index (κ2) is 5.07. The average molecular weight is 235 g/mol. The quantitative estimate of drug-likeness (QED) is 0.789. The highest BCUT2D eigenvalue weighted by Crippen LogP contribution is 2.39. The van der Waals surface area contributed by atoms with Crippen molar-refractivity contribution in [3.63, 3.8) is 0 Å². The molecule has 1 atom stereocenters. The second-order valence-corrected chi connectivity index (χ2v) is 4.87. The van der Waals surface area contributed by atoms with Crippen molar-refractivity contribution in [3.05, 3.63) is 29.8 Å². The van der Waals surface area contributed by atoms with Crippen LogP contribution in [-0.2, 0) is 6.42 Å². The average Bonchev–Trinajstić information content (AvgIpc) is 3.21. The highest BCUT2D eigenvalue weighted by atomic mass is 16.5. The van der Waals surface area contributed by atoms with Crippen LogP contribution in [0, 0.1) is 5.92 Å². The zero-order valence-corrected chi connectivity index (χ0v) is 10.4. The monoisotopic (exact) mass is 235 g/mol. The molecule has 0 radical (unpaired) electrons. The van der Waals surface area contributed by atoms with Gasteiger partial charge in [0.1, 0.15) is 18.0 Å². The predicted molar refractivity (Wildman–Crippen MR) is 68.0 cm³/mol. The fourth-order valence-electron chi connectivity index (χ4n) is 1.99. The van der Waals surface area contributed by atoms with Gasteiger partial charge >= 0.3 is 0 Å². The van der Waals surface area contributed by atoms with Gasteiger partial charge in [-0.1, -0.05) is 19.1 Å². The molecule has 1 fully saturated rings. The molecule has 1 aliphatic carbocycles. The van der Waals surface area contributed by atoms with Gasteiger partial charge in [0.05, 0.1) is 0 Å². The normalized spacial score (nSPS) is 18.8. The molecule has 0 bridgehead atoms. The van der Waals surface area contributed by atoms with E-state index in [1.165, 1.54) is 5.56 Å². The molecule has 3 nitrogen and oxygen atoms in total. The van der Waals surface area contributed by atoms with Crippen LogP contribution >= 0.6 is 0 Å². The molecule has 1 aliphatic rings. The lowest BCUT2D eigenvalue weighted by Gasteiger charge is -2.26. The maximum Gasteiger partial charge on any atom is 0.119 e. The first-order valence-corrected chi connectivity index (χ1v) is 6.32. The van der Waals surface area contributed by atoms with Gasteiger partial charge < -0.3 is 15.6 Å². The molecule has 3 heteroatoms. The van der Waals surface area contributed by atoms with E-state index in [1.54, 1.807) is 0 Å². The largest absolute Gasteiger partial charge is 0.491 e. The van der Waals surface area contributed by atoms with E-state index in [0.717, 1.165) is 25.0 Å². The van der Waals surface area contributed by atoms with Gasteiger partial charge in [-0.15, -0.1) is 0 Å². The van der Waals surface area contributed by atoms with Crippen LogP contribution in [-0.4, -0.2) is 23.9 Å². The molecule has 0 heterocycles. The Morgan fingerprint density at radius 1 is 1.35 bits per heavy atom. The maximum atomic E-state index is 10.3. The van der Waals surface area contributed by atoms with Gasteiger partial charge in [-0.2, -0.15) is 0 Å². The summed E-state index contributed by atoms with van der Waals surface area (Å²) in [7, 11) is 0. The molecule has 1 aromatic rings. The lowest BCUT2D eigenvalue weighted by Crippen LogP contribution is -2.45. The number of rotatable bonds is 6. The van der Waals surface area contributed by atoms with Gasteiger partial charge in [-0.3, -0.25) is 0 Å². The minimum atomic E-state index is -0.844. The molecule has 0 spiro atoms. The Morgan fingerprint density at radius 3 is 2.47 bits per heavy atom. The molecule has 94 valence electrons. The van der Waals surface area contributed by atoms with Gasteiger partial charge in [0.25, 0.3) is 0 Å². The molecule has 0 saturated heterocycles. The van der Waals surface area contributed by atoms with E-state index in [9.17, 15) is 5.11 Å². The van der Waals surface area contributed by atoms with E-state index >= 15 is 0 Å². The van der Waals surface area contributed by atoms with Crippen molar-refractivity contribution in [1.82, 2.24) is 0 Å².